The van der Waals surface area contributed by atoms with Gasteiger partial charge in [0.1, 0.15) is 0 Å². The van der Waals surface area contributed by atoms with Crippen LogP contribution in [0.15, 0.2) is 12.3 Å². The summed E-state index contributed by atoms with van der Waals surface area (Å²) >= 11 is 0. The number of nitrogens with zero attached hydrogens (tertiary/aromatic N) is 3. The van der Waals surface area contributed by atoms with Crippen molar-refractivity contribution < 1.29 is 0 Å². The molecule has 1 saturated carbocycles. The molecule has 2 heterocycles. The molecule has 0 radical (unpaired) electrons. The van der Waals surface area contributed by atoms with Crippen LogP contribution < -0.4 is 5.73 Å². The van der Waals surface area contributed by atoms with E-state index in [-0.39, 0.29) is 0 Å². The maximum atomic E-state index is 6.23. The predicted molar refractivity (Wildman–Crippen MR) is 67.3 cm³/mol. The molecule has 2 N–H and O–H groups in total. The van der Waals surface area contributed by atoms with E-state index < -0.39 is 0 Å². The topological polar surface area (TPSA) is 47.1 Å². The molecule has 3 rings (SSSR count). The molecule has 0 bridgehead atoms. The van der Waals surface area contributed by atoms with Crippen LogP contribution in [0.4, 0.5) is 0 Å². The molecule has 2 aliphatic rings. The molecule has 1 aromatic heterocycles. The molecule has 94 valence electrons. The second-order valence-electron chi connectivity index (χ2n) is 5.69. The maximum Gasteiger partial charge on any atom is 0.0764 e. The maximum absolute atomic E-state index is 6.23. The number of likely N-dealkylation sites (tertiary alicyclic amines) is 1. The Balaban J connectivity index is 1.63. The van der Waals surface area contributed by atoms with E-state index in [0.29, 0.717) is 6.04 Å². The third-order valence-corrected chi connectivity index (χ3v) is 4.38. The number of fused-ring (bicyclic) bond motifs is 1. The average molecular weight is 234 g/mol. The first kappa shape index (κ1) is 11.2. The summed E-state index contributed by atoms with van der Waals surface area (Å²) in [6.07, 6.45) is 5.93. The lowest BCUT2D eigenvalue weighted by Gasteiger charge is -2.29. The van der Waals surface area contributed by atoms with Gasteiger partial charge in [0.25, 0.3) is 0 Å². The highest BCUT2D eigenvalue weighted by molar-refractivity contribution is 5.01. The first-order valence-electron chi connectivity index (χ1n) is 6.69. The number of hydrogen-bond donors (Lipinski definition) is 1. The standard InChI is InChI=1S/C13H22N4/c1-16-6-5-11(15-16)8-17-7-10-3-2-4-13(14)12(10)9-17/h5-6,10,12-13H,2-4,7-9,14H2,1H3/t10-,12+,13-/m0/s1. The molecule has 2 fully saturated rings. The van der Waals surface area contributed by atoms with Crippen molar-refractivity contribution in [1.82, 2.24) is 14.7 Å². The Bertz CT molecular complexity index is 387. The number of rotatable bonds is 2. The second-order valence-corrected chi connectivity index (χ2v) is 5.69. The van der Waals surface area contributed by atoms with Gasteiger partial charge in [-0.1, -0.05) is 6.42 Å². The number of aryl methyl sites for hydroxylation is 1. The molecule has 1 aromatic rings. The van der Waals surface area contributed by atoms with E-state index in [0.717, 1.165) is 18.4 Å². The van der Waals surface area contributed by atoms with Crippen molar-refractivity contribution in [3.05, 3.63) is 18.0 Å². The van der Waals surface area contributed by atoms with Crippen molar-refractivity contribution in [2.75, 3.05) is 13.1 Å². The van der Waals surface area contributed by atoms with Crippen LogP contribution in [0, 0.1) is 11.8 Å². The van der Waals surface area contributed by atoms with E-state index in [1.165, 1.54) is 38.0 Å². The van der Waals surface area contributed by atoms with Crippen molar-refractivity contribution in [3.63, 3.8) is 0 Å². The van der Waals surface area contributed by atoms with Crippen LogP contribution in [0.5, 0.6) is 0 Å². The predicted octanol–water partition coefficient (Wildman–Crippen LogP) is 0.979. The van der Waals surface area contributed by atoms with Crippen LogP contribution in [-0.4, -0.2) is 33.8 Å². The monoisotopic (exact) mass is 234 g/mol. The number of nitrogens with two attached hydrogens (primary N) is 1. The normalized spacial score (nSPS) is 33.9. The minimum atomic E-state index is 0.433. The summed E-state index contributed by atoms with van der Waals surface area (Å²) < 4.78 is 1.88. The van der Waals surface area contributed by atoms with E-state index in [1.807, 2.05) is 17.9 Å². The first-order chi connectivity index (χ1) is 8.22. The number of hydrogen-bond acceptors (Lipinski definition) is 3. The molecule has 0 amide bonds. The van der Waals surface area contributed by atoms with E-state index in [4.69, 9.17) is 5.73 Å². The van der Waals surface area contributed by atoms with Crippen molar-refractivity contribution in [2.45, 2.75) is 31.8 Å². The van der Waals surface area contributed by atoms with Gasteiger partial charge in [-0.15, -0.1) is 0 Å². The van der Waals surface area contributed by atoms with Gasteiger partial charge >= 0.3 is 0 Å². The fourth-order valence-electron chi connectivity index (χ4n) is 3.51. The highest BCUT2D eigenvalue weighted by Gasteiger charge is 2.38. The van der Waals surface area contributed by atoms with Gasteiger partial charge < -0.3 is 5.73 Å². The van der Waals surface area contributed by atoms with Crippen LogP contribution in [0.25, 0.3) is 0 Å². The quantitative estimate of drug-likeness (QED) is 0.830. The molecule has 0 unspecified atom stereocenters. The van der Waals surface area contributed by atoms with Crippen LogP contribution >= 0.6 is 0 Å². The highest BCUT2D eigenvalue weighted by atomic mass is 15.3. The Hall–Kier alpha value is -0.870. The van der Waals surface area contributed by atoms with Crippen LogP contribution in [0.1, 0.15) is 25.0 Å². The molecule has 17 heavy (non-hydrogen) atoms. The van der Waals surface area contributed by atoms with Crippen LogP contribution in [0.3, 0.4) is 0 Å². The fourth-order valence-corrected chi connectivity index (χ4v) is 3.51. The van der Waals surface area contributed by atoms with Gasteiger partial charge in [-0.25, -0.2) is 0 Å². The van der Waals surface area contributed by atoms with Gasteiger partial charge in [-0.05, 0) is 30.7 Å². The van der Waals surface area contributed by atoms with Gasteiger partial charge in [0.2, 0.25) is 0 Å². The molecule has 3 atom stereocenters. The Morgan fingerprint density at radius 2 is 2.29 bits per heavy atom. The van der Waals surface area contributed by atoms with E-state index in [1.54, 1.807) is 0 Å². The Kier molecular flexibility index (Phi) is 2.92. The molecule has 1 aliphatic carbocycles. The van der Waals surface area contributed by atoms with Gasteiger partial charge in [-0.2, -0.15) is 5.10 Å². The highest BCUT2D eigenvalue weighted by Crippen LogP contribution is 2.35. The van der Waals surface area contributed by atoms with Crippen molar-refractivity contribution >= 4 is 0 Å². The summed E-state index contributed by atoms with van der Waals surface area (Å²) in [6.45, 7) is 3.37. The third kappa shape index (κ3) is 2.24. The molecule has 0 aromatic carbocycles. The minimum absolute atomic E-state index is 0.433. The van der Waals surface area contributed by atoms with Gasteiger partial charge in [-0.3, -0.25) is 9.58 Å². The third-order valence-electron chi connectivity index (χ3n) is 4.38. The lowest BCUT2D eigenvalue weighted by atomic mass is 9.78. The first-order valence-corrected chi connectivity index (χ1v) is 6.69. The second kappa shape index (κ2) is 4.42. The SMILES string of the molecule is Cn1ccc(CN2C[C@@H]3CCC[C@H](N)[C@@H]3C2)n1. The summed E-state index contributed by atoms with van der Waals surface area (Å²) in [7, 11) is 1.98. The summed E-state index contributed by atoms with van der Waals surface area (Å²) in [5.74, 6) is 1.56. The summed E-state index contributed by atoms with van der Waals surface area (Å²) in [5.41, 5.74) is 7.41. The molecule has 0 spiro atoms. The van der Waals surface area contributed by atoms with Crippen LogP contribution in [0.2, 0.25) is 0 Å². The summed E-state index contributed by atoms with van der Waals surface area (Å²) in [6, 6.07) is 2.55. The van der Waals surface area contributed by atoms with Gasteiger partial charge in [0.15, 0.2) is 0 Å². The largest absolute Gasteiger partial charge is 0.327 e. The Labute approximate surface area is 103 Å². The van der Waals surface area contributed by atoms with E-state index in [2.05, 4.69) is 16.1 Å². The molecule has 1 aliphatic heterocycles. The van der Waals surface area contributed by atoms with Crippen LogP contribution in [-0.2, 0) is 13.6 Å². The zero-order chi connectivity index (χ0) is 11.8. The summed E-state index contributed by atoms with van der Waals surface area (Å²) in [4.78, 5) is 2.53. The molecule has 4 heteroatoms. The molecular weight excluding hydrogens is 212 g/mol. The van der Waals surface area contributed by atoms with Gasteiger partial charge in [0.05, 0.1) is 5.69 Å². The Morgan fingerprint density at radius 3 is 3.00 bits per heavy atom. The summed E-state index contributed by atoms with van der Waals surface area (Å²) in [5, 5.41) is 4.45. The lowest BCUT2D eigenvalue weighted by molar-refractivity contribution is 0.259. The van der Waals surface area contributed by atoms with Gasteiger partial charge in [0, 0.05) is 38.9 Å². The minimum Gasteiger partial charge on any atom is -0.327 e. The van der Waals surface area contributed by atoms with Crippen molar-refractivity contribution in [2.24, 2.45) is 24.6 Å². The molecule has 1 saturated heterocycles. The number of aromatic nitrogens is 2. The lowest BCUT2D eigenvalue weighted by Crippen LogP contribution is -2.38. The molecule has 4 nitrogen and oxygen atoms in total. The smallest absolute Gasteiger partial charge is 0.0764 e. The fraction of sp³-hybridized carbons (Fsp3) is 0.769. The van der Waals surface area contributed by atoms with E-state index >= 15 is 0 Å². The van der Waals surface area contributed by atoms with Crippen molar-refractivity contribution in [3.8, 4) is 0 Å². The Morgan fingerprint density at radius 1 is 1.41 bits per heavy atom. The van der Waals surface area contributed by atoms with E-state index in [9.17, 15) is 0 Å². The molecular formula is C13H22N4. The zero-order valence-electron chi connectivity index (χ0n) is 10.5. The van der Waals surface area contributed by atoms with Crippen molar-refractivity contribution in [1.29, 1.82) is 0 Å². The average Bonchev–Trinajstić information content (AvgIpc) is 2.86. The zero-order valence-corrected chi connectivity index (χ0v) is 10.5.